The highest BCUT2D eigenvalue weighted by Crippen LogP contribution is 2.31. The van der Waals surface area contributed by atoms with Gasteiger partial charge in [-0.25, -0.2) is 0 Å². The summed E-state index contributed by atoms with van der Waals surface area (Å²) >= 11 is 18.6. The van der Waals surface area contributed by atoms with Crippen molar-refractivity contribution >= 4 is 51.9 Å². The highest BCUT2D eigenvalue weighted by atomic mass is 35.5. The van der Waals surface area contributed by atoms with Gasteiger partial charge in [0.2, 0.25) is 5.78 Å². The van der Waals surface area contributed by atoms with Gasteiger partial charge in [0.05, 0.1) is 9.90 Å². The van der Waals surface area contributed by atoms with Gasteiger partial charge in [0, 0.05) is 5.02 Å². The normalized spacial score (nSPS) is 10.4. The zero-order chi connectivity index (χ0) is 13.1. The monoisotopic (exact) mass is 320 g/mol. The van der Waals surface area contributed by atoms with E-state index in [0.29, 0.717) is 25.0 Å². The van der Waals surface area contributed by atoms with Crippen molar-refractivity contribution in [1.29, 1.82) is 0 Å². The molecule has 0 N–H and O–H groups in total. The van der Waals surface area contributed by atoms with Gasteiger partial charge >= 0.3 is 0 Å². The first-order valence-electron chi connectivity index (χ1n) is 4.92. The molecule has 1 heterocycles. The fourth-order valence-corrected chi connectivity index (χ4v) is 2.91. The summed E-state index contributed by atoms with van der Waals surface area (Å²) in [6.07, 6.45) is 0. The Bertz CT molecular complexity index is 563. The fraction of sp³-hybridized carbons (Fsp3) is 0.0833. The van der Waals surface area contributed by atoms with Crippen molar-refractivity contribution in [3.8, 4) is 5.75 Å². The molecule has 0 atom stereocenters. The second kappa shape index (κ2) is 5.93. The smallest absolute Gasteiger partial charge is 0.202 e. The van der Waals surface area contributed by atoms with Gasteiger partial charge in [-0.15, -0.1) is 11.3 Å². The van der Waals surface area contributed by atoms with Gasteiger partial charge in [-0.05, 0) is 30.3 Å². The van der Waals surface area contributed by atoms with Crippen molar-refractivity contribution in [2.45, 2.75) is 0 Å². The fourth-order valence-electron chi connectivity index (χ4n) is 1.29. The third kappa shape index (κ3) is 3.39. The van der Waals surface area contributed by atoms with Gasteiger partial charge in [-0.3, -0.25) is 4.79 Å². The summed E-state index contributed by atoms with van der Waals surface area (Å²) in [5.74, 6) is 0.364. The number of benzene rings is 1. The molecule has 0 radical (unpaired) electrons. The number of thiophene rings is 1. The first-order chi connectivity index (χ1) is 8.56. The Kier molecular flexibility index (Phi) is 4.51. The first kappa shape index (κ1) is 13.7. The summed E-state index contributed by atoms with van der Waals surface area (Å²) in [4.78, 5) is 11.8. The topological polar surface area (TPSA) is 26.3 Å². The van der Waals surface area contributed by atoms with E-state index in [-0.39, 0.29) is 12.4 Å². The van der Waals surface area contributed by atoms with Crippen molar-refractivity contribution in [3.05, 3.63) is 49.6 Å². The molecule has 0 saturated carbocycles. The lowest BCUT2D eigenvalue weighted by atomic mass is 10.2. The van der Waals surface area contributed by atoms with Crippen LogP contribution in [0, 0.1) is 0 Å². The van der Waals surface area contributed by atoms with E-state index in [9.17, 15) is 4.79 Å². The molecule has 0 spiro atoms. The molecule has 0 bridgehead atoms. The summed E-state index contributed by atoms with van der Waals surface area (Å²) in [6, 6.07) is 8.31. The molecule has 0 aliphatic rings. The highest BCUT2D eigenvalue weighted by molar-refractivity contribution is 7.20. The minimum Gasteiger partial charge on any atom is -0.485 e. The standard InChI is InChI=1S/C12H7Cl3O2S/c13-7-1-3-8(4-2-7)17-6-10(16)9-5-11(14)18-12(9)15/h1-5H,6H2. The van der Waals surface area contributed by atoms with E-state index in [2.05, 4.69) is 0 Å². The lowest BCUT2D eigenvalue weighted by molar-refractivity contribution is 0.0922. The molecule has 0 amide bonds. The van der Waals surface area contributed by atoms with Crippen LogP contribution in [0.4, 0.5) is 0 Å². The third-order valence-corrected chi connectivity index (χ3v) is 3.88. The van der Waals surface area contributed by atoms with Crippen LogP contribution in [-0.4, -0.2) is 12.4 Å². The van der Waals surface area contributed by atoms with E-state index < -0.39 is 0 Å². The molecular weight excluding hydrogens is 315 g/mol. The Balaban J connectivity index is 2.00. The molecule has 6 heteroatoms. The van der Waals surface area contributed by atoms with Crippen molar-refractivity contribution < 1.29 is 9.53 Å². The van der Waals surface area contributed by atoms with Crippen molar-refractivity contribution in [2.24, 2.45) is 0 Å². The average molecular weight is 322 g/mol. The number of Topliss-reactive ketones (excluding diaryl/α,β-unsaturated/α-hetero) is 1. The highest BCUT2D eigenvalue weighted by Gasteiger charge is 2.14. The molecular formula is C12H7Cl3O2S. The molecule has 0 saturated heterocycles. The summed E-state index contributed by atoms with van der Waals surface area (Å²) in [6.45, 7) is -0.0889. The Labute approximate surface area is 123 Å². The molecule has 2 rings (SSSR count). The SMILES string of the molecule is O=C(COc1ccc(Cl)cc1)c1cc(Cl)sc1Cl. The van der Waals surface area contributed by atoms with Crippen molar-refractivity contribution in [1.82, 2.24) is 0 Å². The number of hydrogen-bond donors (Lipinski definition) is 0. The number of carbonyl (C=O) groups excluding carboxylic acids is 1. The minimum absolute atomic E-state index is 0.0889. The number of ketones is 1. The second-order valence-corrected chi connectivity index (χ2v) is 6.13. The first-order valence-corrected chi connectivity index (χ1v) is 6.87. The lowest BCUT2D eigenvalue weighted by Crippen LogP contribution is -2.11. The van der Waals surface area contributed by atoms with E-state index >= 15 is 0 Å². The van der Waals surface area contributed by atoms with Gasteiger partial charge in [0.15, 0.2) is 6.61 Å². The van der Waals surface area contributed by atoms with Crippen LogP contribution in [0.15, 0.2) is 30.3 Å². The van der Waals surface area contributed by atoms with Crippen molar-refractivity contribution in [3.63, 3.8) is 0 Å². The van der Waals surface area contributed by atoms with E-state index in [1.165, 1.54) is 0 Å². The largest absolute Gasteiger partial charge is 0.485 e. The Morgan fingerprint density at radius 1 is 1.17 bits per heavy atom. The predicted octanol–water partition coefficient (Wildman–Crippen LogP) is 4.97. The van der Waals surface area contributed by atoms with Crippen LogP contribution >= 0.6 is 46.1 Å². The summed E-state index contributed by atoms with van der Waals surface area (Å²) in [5.41, 5.74) is 0.389. The summed E-state index contributed by atoms with van der Waals surface area (Å²) in [7, 11) is 0. The molecule has 2 aromatic rings. The maximum Gasteiger partial charge on any atom is 0.202 e. The average Bonchev–Trinajstić information content (AvgIpc) is 2.67. The van der Waals surface area contributed by atoms with Crippen LogP contribution in [0.1, 0.15) is 10.4 Å². The van der Waals surface area contributed by atoms with Gasteiger partial charge in [-0.2, -0.15) is 0 Å². The van der Waals surface area contributed by atoms with Crippen LogP contribution in [0.3, 0.4) is 0 Å². The van der Waals surface area contributed by atoms with E-state index in [4.69, 9.17) is 39.5 Å². The van der Waals surface area contributed by atoms with Gasteiger partial charge < -0.3 is 4.74 Å². The maximum atomic E-state index is 11.8. The van der Waals surface area contributed by atoms with Crippen LogP contribution in [0.2, 0.25) is 13.7 Å². The molecule has 18 heavy (non-hydrogen) atoms. The maximum absolute atomic E-state index is 11.8. The van der Waals surface area contributed by atoms with Crippen LogP contribution in [0.25, 0.3) is 0 Å². The minimum atomic E-state index is -0.210. The van der Waals surface area contributed by atoms with E-state index in [1.54, 1.807) is 30.3 Å². The van der Waals surface area contributed by atoms with Crippen LogP contribution < -0.4 is 4.74 Å². The molecule has 0 unspecified atom stereocenters. The number of hydrogen-bond acceptors (Lipinski definition) is 3. The van der Waals surface area contributed by atoms with E-state index in [1.807, 2.05) is 0 Å². The molecule has 0 aliphatic carbocycles. The molecule has 0 fully saturated rings. The second-order valence-electron chi connectivity index (χ2n) is 3.40. The zero-order valence-electron chi connectivity index (χ0n) is 8.95. The van der Waals surface area contributed by atoms with Gasteiger partial charge in [-0.1, -0.05) is 34.8 Å². The summed E-state index contributed by atoms with van der Waals surface area (Å²) < 4.78 is 6.20. The molecule has 2 nitrogen and oxygen atoms in total. The number of halogens is 3. The van der Waals surface area contributed by atoms with E-state index in [0.717, 1.165) is 11.3 Å². The third-order valence-electron chi connectivity index (χ3n) is 2.14. The predicted molar refractivity (Wildman–Crippen MR) is 75.6 cm³/mol. The number of rotatable bonds is 4. The number of carbonyl (C=O) groups is 1. The van der Waals surface area contributed by atoms with Crippen LogP contribution in [0.5, 0.6) is 5.75 Å². The quantitative estimate of drug-likeness (QED) is 0.743. The van der Waals surface area contributed by atoms with Gasteiger partial charge in [0.1, 0.15) is 10.1 Å². The zero-order valence-corrected chi connectivity index (χ0v) is 12.0. The van der Waals surface area contributed by atoms with Crippen molar-refractivity contribution in [2.75, 3.05) is 6.61 Å². The Morgan fingerprint density at radius 2 is 1.83 bits per heavy atom. The van der Waals surface area contributed by atoms with Gasteiger partial charge in [0.25, 0.3) is 0 Å². The van der Waals surface area contributed by atoms with Crippen LogP contribution in [-0.2, 0) is 0 Å². The number of ether oxygens (including phenoxy) is 1. The summed E-state index contributed by atoms with van der Waals surface area (Å²) in [5, 5.41) is 0.612. The molecule has 1 aromatic heterocycles. The lowest BCUT2D eigenvalue weighted by Gasteiger charge is -2.04. The molecule has 94 valence electrons. The molecule has 0 aliphatic heterocycles. The Morgan fingerprint density at radius 3 is 2.39 bits per heavy atom. The molecule has 1 aromatic carbocycles. The Hall–Kier alpha value is -0.740.